The van der Waals surface area contributed by atoms with E-state index in [-0.39, 0.29) is 0 Å². The molecule has 0 heterocycles. The maximum absolute atomic E-state index is 8.47. The lowest BCUT2D eigenvalue weighted by atomic mass is 10.1. The van der Waals surface area contributed by atoms with Gasteiger partial charge in [-0.3, -0.25) is 0 Å². The number of rotatable bonds is 1. The number of thiocarbonyl (C=S) groups is 1. The van der Waals surface area contributed by atoms with Crippen molar-refractivity contribution >= 4 is 17.1 Å². The SMILES string of the molecule is Cc1ccc(C(=S)C#N)cc1. The molecule has 0 saturated heterocycles. The van der Waals surface area contributed by atoms with Crippen molar-refractivity contribution < 1.29 is 0 Å². The van der Waals surface area contributed by atoms with Gasteiger partial charge in [0.1, 0.15) is 10.9 Å². The van der Waals surface area contributed by atoms with Crippen molar-refractivity contribution in [3.8, 4) is 6.07 Å². The fourth-order valence-electron chi connectivity index (χ4n) is 0.769. The molecule has 0 amide bonds. The molecule has 0 fully saturated rings. The Morgan fingerprint density at radius 1 is 1.36 bits per heavy atom. The third-order valence-electron chi connectivity index (χ3n) is 1.42. The third kappa shape index (κ3) is 1.86. The van der Waals surface area contributed by atoms with Crippen LogP contribution in [-0.2, 0) is 0 Å². The Balaban J connectivity index is 3.01. The van der Waals surface area contributed by atoms with Crippen LogP contribution in [0.2, 0.25) is 0 Å². The molecule has 0 unspecified atom stereocenters. The quantitative estimate of drug-likeness (QED) is 0.466. The van der Waals surface area contributed by atoms with E-state index in [1.54, 1.807) is 0 Å². The Morgan fingerprint density at radius 3 is 2.36 bits per heavy atom. The molecular formula is C9H7NS. The lowest BCUT2D eigenvalue weighted by molar-refractivity contribution is 1.46. The van der Waals surface area contributed by atoms with Crippen LogP contribution in [0.4, 0.5) is 0 Å². The molecular weight excluding hydrogens is 154 g/mol. The average Bonchev–Trinajstić information content (AvgIpc) is 2.05. The van der Waals surface area contributed by atoms with E-state index in [9.17, 15) is 0 Å². The van der Waals surface area contributed by atoms with Gasteiger partial charge in [-0.1, -0.05) is 42.0 Å². The molecule has 0 aliphatic heterocycles. The molecule has 0 saturated carbocycles. The zero-order valence-electron chi connectivity index (χ0n) is 6.16. The summed E-state index contributed by atoms with van der Waals surface area (Å²) in [5, 5.41) is 8.47. The molecule has 2 heteroatoms. The van der Waals surface area contributed by atoms with Crippen LogP contribution < -0.4 is 0 Å². The first kappa shape index (κ1) is 7.90. The van der Waals surface area contributed by atoms with Gasteiger partial charge in [-0.05, 0) is 6.92 Å². The van der Waals surface area contributed by atoms with Gasteiger partial charge in [0, 0.05) is 5.56 Å². The molecule has 1 rings (SSSR count). The summed E-state index contributed by atoms with van der Waals surface area (Å²) >= 11 is 4.80. The zero-order chi connectivity index (χ0) is 8.27. The number of aryl methyl sites for hydroxylation is 1. The zero-order valence-corrected chi connectivity index (χ0v) is 6.98. The molecule has 0 bridgehead atoms. The minimum Gasteiger partial charge on any atom is -0.191 e. The minimum absolute atomic E-state index is 0.352. The van der Waals surface area contributed by atoms with Crippen LogP contribution in [0.1, 0.15) is 11.1 Å². The van der Waals surface area contributed by atoms with Gasteiger partial charge in [-0.15, -0.1) is 0 Å². The molecule has 0 spiro atoms. The van der Waals surface area contributed by atoms with E-state index in [0.717, 1.165) is 5.56 Å². The van der Waals surface area contributed by atoms with E-state index in [4.69, 9.17) is 17.5 Å². The van der Waals surface area contributed by atoms with Gasteiger partial charge in [0.2, 0.25) is 0 Å². The smallest absolute Gasteiger partial charge is 0.122 e. The Kier molecular flexibility index (Phi) is 2.35. The van der Waals surface area contributed by atoms with Crippen LogP contribution in [0.15, 0.2) is 24.3 Å². The molecule has 0 aliphatic rings. The Morgan fingerprint density at radius 2 is 1.91 bits per heavy atom. The van der Waals surface area contributed by atoms with Crippen LogP contribution in [0.3, 0.4) is 0 Å². The highest BCUT2D eigenvalue weighted by Gasteiger charge is 1.96. The van der Waals surface area contributed by atoms with Crippen LogP contribution >= 0.6 is 12.2 Å². The second kappa shape index (κ2) is 3.27. The summed E-state index contributed by atoms with van der Waals surface area (Å²) in [6.07, 6.45) is 0. The number of hydrogen-bond donors (Lipinski definition) is 0. The largest absolute Gasteiger partial charge is 0.191 e. The van der Waals surface area contributed by atoms with Crippen LogP contribution in [0.5, 0.6) is 0 Å². The molecule has 0 aromatic heterocycles. The molecule has 0 aliphatic carbocycles. The predicted octanol–water partition coefficient (Wildman–Crippen LogP) is 2.24. The van der Waals surface area contributed by atoms with E-state index in [0.29, 0.717) is 4.86 Å². The summed E-state index contributed by atoms with van der Waals surface area (Å²) in [6, 6.07) is 9.54. The first-order chi connectivity index (χ1) is 5.24. The topological polar surface area (TPSA) is 23.8 Å². The van der Waals surface area contributed by atoms with Crippen molar-refractivity contribution in [2.75, 3.05) is 0 Å². The lowest BCUT2D eigenvalue weighted by Gasteiger charge is -1.94. The van der Waals surface area contributed by atoms with Gasteiger partial charge in [-0.25, -0.2) is 0 Å². The molecule has 1 aromatic carbocycles. The summed E-state index contributed by atoms with van der Waals surface area (Å²) in [6.45, 7) is 2.00. The Bertz CT molecular complexity index is 305. The Hall–Kier alpha value is -1.20. The summed E-state index contributed by atoms with van der Waals surface area (Å²) < 4.78 is 0. The highest BCUT2D eigenvalue weighted by molar-refractivity contribution is 7.81. The maximum Gasteiger partial charge on any atom is 0.122 e. The van der Waals surface area contributed by atoms with E-state index >= 15 is 0 Å². The van der Waals surface area contributed by atoms with Crippen molar-refractivity contribution in [1.82, 2.24) is 0 Å². The normalized spacial score (nSPS) is 8.73. The Labute approximate surface area is 71.3 Å². The van der Waals surface area contributed by atoms with E-state index in [2.05, 4.69) is 0 Å². The van der Waals surface area contributed by atoms with Crippen molar-refractivity contribution in [2.24, 2.45) is 0 Å². The average molecular weight is 161 g/mol. The van der Waals surface area contributed by atoms with Crippen molar-refractivity contribution in [3.05, 3.63) is 35.4 Å². The minimum atomic E-state index is 0.352. The molecule has 1 nitrogen and oxygen atoms in total. The summed E-state index contributed by atoms with van der Waals surface area (Å²) in [7, 11) is 0. The number of hydrogen-bond acceptors (Lipinski definition) is 2. The van der Waals surface area contributed by atoms with E-state index < -0.39 is 0 Å². The van der Waals surface area contributed by atoms with E-state index in [1.807, 2.05) is 37.3 Å². The monoisotopic (exact) mass is 161 g/mol. The van der Waals surface area contributed by atoms with Crippen LogP contribution in [0, 0.1) is 18.3 Å². The lowest BCUT2D eigenvalue weighted by Crippen LogP contribution is -1.91. The van der Waals surface area contributed by atoms with Gasteiger partial charge in [0.25, 0.3) is 0 Å². The molecule has 1 aromatic rings. The highest BCUT2D eigenvalue weighted by Crippen LogP contribution is 2.03. The van der Waals surface area contributed by atoms with Crippen LogP contribution in [0.25, 0.3) is 0 Å². The van der Waals surface area contributed by atoms with Gasteiger partial charge >= 0.3 is 0 Å². The van der Waals surface area contributed by atoms with E-state index in [1.165, 1.54) is 5.56 Å². The second-order valence-corrected chi connectivity index (χ2v) is 2.72. The van der Waals surface area contributed by atoms with Gasteiger partial charge in [0.05, 0.1) is 0 Å². The fourth-order valence-corrected chi connectivity index (χ4v) is 0.906. The number of nitriles is 1. The van der Waals surface area contributed by atoms with Gasteiger partial charge < -0.3 is 0 Å². The summed E-state index contributed by atoms with van der Waals surface area (Å²) in [4.78, 5) is 0.352. The van der Waals surface area contributed by atoms with Crippen molar-refractivity contribution in [1.29, 1.82) is 5.26 Å². The maximum atomic E-state index is 8.47. The van der Waals surface area contributed by atoms with Crippen molar-refractivity contribution in [3.63, 3.8) is 0 Å². The predicted molar refractivity (Wildman–Crippen MR) is 48.5 cm³/mol. The molecule has 0 N–H and O–H groups in total. The summed E-state index contributed by atoms with van der Waals surface area (Å²) in [5.74, 6) is 0. The molecule has 11 heavy (non-hydrogen) atoms. The first-order valence-corrected chi connectivity index (χ1v) is 3.66. The summed E-state index contributed by atoms with van der Waals surface area (Å²) in [5.41, 5.74) is 2.00. The number of benzene rings is 1. The van der Waals surface area contributed by atoms with Gasteiger partial charge in [-0.2, -0.15) is 5.26 Å². The number of nitrogens with zero attached hydrogens (tertiary/aromatic N) is 1. The first-order valence-electron chi connectivity index (χ1n) is 3.25. The van der Waals surface area contributed by atoms with Crippen molar-refractivity contribution in [2.45, 2.75) is 6.92 Å². The van der Waals surface area contributed by atoms with Gasteiger partial charge in [0.15, 0.2) is 0 Å². The molecule has 54 valence electrons. The van der Waals surface area contributed by atoms with Crippen LogP contribution in [-0.4, -0.2) is 4.86 Å². The third-order valence-corrected chi connectivity index (χ3v) is 1.74. The highest BCUT2D eigenvalue weighted by atomic mass is 32.1. The fraction of sp³-hybridized carbons (Fsp3) is 0.111. The molecule has 0 radical (unpaired) electrons. The second-order valence-electron chi connectivity index (χ2n) is 2.31. The standard InChI is InChI=1S/C9H7NS/c1-7-2-4-8(5-3-7)9(11)6-10/h2-5H,1H3. The molecule has 0 atom stereocenters.